The summed E-state index contributed by atoms with van der Waals surface area (Å²) in [4.78, 5) is 16.5. The van der Waals surface area contributed by atoms with Gasteiger partial charge in [0.05, 0.1) is 6.54 Å². The molecular formula is C25H23N5O4S2. The van der Waals surface area contributed by atoms with Crippen molar-refractivity contribution in [1.29, 1.82) is 5.26 Å². The molecule has 2 aromatic carbocycles. The number of nitrogens with zero attached hydrogens (tertiary/aromatic N) is 4. The molecule has 0 atom stereocenters. The molecule has 0 aliphatic heterocycles. The molecule has 9 nitrogen and oxygen atoms in total. The van der Waals surface area contributed by atoms with Gasteiger partial charge in [0, 0.05) is 40.5 Å². The zero-order valence-corrected chi connectivity index (χ0v) is 21.5. The molecular weight excluding hydrogens is 498 g/mol. The number of anilines is 1. The van der Waals surface area contributed by atoms with Crippen molar-refractivity contribution in [3.05, 3.63) is 70.9 Å². The van der Waals surface area contributed by atoms with E-state index >= 15 is 0 Å². The van der Waals surface area contributed by atoms with Crippen LogP contribution in [0.5, 0.6) is 5.75 Å². The molecule has 0 fully saturated rings. The highest BCUT2D eigenvalue weighted by Crippen LogP contribution is 2.26. The molecule has 0 aliphatic carbocycles. The first-order valence-electron chi connectivity index (χ1n) is 10.9. The first-order chi connectivity index (χ1) is 17.2. The zero-order valence-electron chi connectivity index (χ0n) is 19.8. The van der Waals surface area contributed by atoms with Gasteiger partial charge in [-0.15, -0.1) is 0 Å². The summed E-state index contributed by atoms with van der Waals surface area (Å²) in [5.74, 6) is 0.164. The molecule has 36 heavy (non-hydrogen) atoms. The fourth-order valence-electron chi connectivity index (χ4n) is 3.73. The Morgan fingerprint density at radius 2 is 1.92 bits per heavy atom. The third kappa shape index (κ3) is 5.45. The largest absolute Gasteiger partial charge is 0.491 e. The molecule has 4 aromatic rings. The van der Waals surface area contributed by atoms with Gasteiger partial charge in [-0.05, 0) is 37.1 Å². The van der Waals surface area contributed by atoms with Crippen molar-refractivity contribution in [3.63, 3.8) is 0 Å². The van der Waals surface area contributed by atoms with Gasteiger partial charge in [0.15, 0.2) is 0 Å². The maximum absolute atomic E-state index is 12.7. The summed E-state index contributed by atoms with van der Waals surface area (Å²) in [5.41, 5.74) is 3.62. The number of ether oxygens (including phenoxy) is 1. The van der Waals surface area contributed by atoms with Crippen molar-refractivity contribution >= 4 is 49.4 Å². The number of hydrogen-bond acceptors (Lipinski definition) is 8. The third-order valence-electron chi connectivity index (χ3n) is 5.43. The number of carbonyl (C=O) groups is 1. The first kappa shape index (κ1) is 25.1. The van der Waals surface area contributed by atoms with Crippen LogP contribution < -0.4 is 10.1 Å². The quantitative estimate of drug-likeness (QED) is 0.273. The van der Waals surface area contributed by atoms with E-state index < -0.39 is 15.7 Å². The Balaban J connectivity index is 1.56. The number of amides is 1. The molecule has 0 saturated carbocycles. The van der Waals surface area contributed by atoms with Crippen LogP contribution >= 0.6 is 11.5 Å². The second-order valence-electron chi connectivity index (χ2n) is 8.14. The van der Waals surface area contributed by atoms with Crippen LogP contribution in [-0.4, -0.2) is 41.1 Å². The number of para-hydroxylation sites is 2. The van der Waals surface area contributed by atoms with Crippen molar-refractivity contribution in [2.75, 3.05) is 18.2 Å². The van der Waals surface area contributed by atoms with Gasteiger partial charge < -0.3 is 9.30 Å². The summed E-state index contributed by atoms with van der Waals surface area (Å²) in [5, 5.41) is 12.6. The normalized spacial score (nSPS) is 11.9. The van der Waals surface area contributed by atoms with Gasteiger partial charge in [0.25, 0.3) is 11.1 Å². The van der Waals surface area contributed by atoms with Crippen LogP contribution in [0.15, 0.2) is 59.4 Å². The van der Waals surface area contributed by atoms with Crippen LogP contribution in [0.1, 0.15) is 16.7 Å². The standard InChI is InChI=1S/C25H23N5O4S2/c1-16-7-6-8-17(2)22(16)34-12-11-30-15-19(20-9-4-5-10-21(20)30)13-18(14-26)23(31)27-24-28-25(29-35-24)36(3,32)33/h4-10,13,15H,11-12H2,1-3H3,(H,27,28,29,31). The predicted octanol–water partition coefficient (Wildman–Crippen LogP) is 4.14. The molecule has 0 spiro atoms. The predicted molar refractivity (Wildman–Crippen MR) is 139 cm³/mol. The van der Waals surface area contributed by atoms with E-state index in [2.05, 4.69) is 14.7 Å². The second-order valence-corrected chi connectivity index (χ2v) is 10.8. The lowest BCUT2D eigenvalue weighted by Gasteiger charge is -2.12. The minimum Gasteiger partial charge on any atom is -0.491 e. The van der Waals surface area contributed by atoms with Crippen molar-refractivity contribution < 1.29 is 17.9 Å². The molecule has 1 amide bonds. The maximum Gasteiger partial charge on any atom is 0.268 e. The molecule has 4 rings (SSSR count). The van der Waals surface area contributed by atoms with Gasteiger partial charge in [-0.25, -0.2) is 8.42 Å². The van der Waals surface area contributed by atoms with E-state index in [1.54, 1.807) is 0 Å². The maximum atomic E-state index is 12.7. The highest BCUT2D eigenvalue weighted by atomic mass is 32.2. The van der Waals surface area contributed by atoms with E-state index in [4.69, 9.17) is 4.74 Å². The number of nitriles is 1. The summed E-state index contributed by atoms with van der Waals surface area (Å²) in [7, 11) is -3.60. The lowest BCUT2D eigenvalue weighted by Crippen LogP contribution is -2.13. The number of benzene rings is 2. The van der Waals surface area contributed by atoms with Crippen LogP contribution in [0.3, 0.4) is 0 Å². The lowest BCUT2D eigenvalue weighted by molar-refractivity contribution is -0.112. The van der Waals surface area contributed by atoms with Gasteiger partial charge in [-0.1, -0.05) is 36.4 Å². The van der Waals surface area contributed by atoms with Crippen LogP contribution in [0.4, 0.5) is 5.13 Å². The highest BCUT2D eigenvalue weighted by Gasteiger charge is 2.18. The molecule has 0 radical (unpaired) electrons. The number of hydrogen-bond donors (Lipinski definition) is 1. The monoisotopic (exact) mass is 521 g/mol. The van der Waals surface area contributed by atoms with Crippen LogP contribution in [-0.2, 0) is 21.2 Å². The Labute approximate surface area is 212 Å². The number of rotatable bonds is 8. The second kappa shape index (κ2) is 10.3. The molecule has 0 saturated heterocycles. The Kier molecular flexibility index (Phi) is 7.19. The number of aryl methyl sites for hydroxylation is 2. The summed E-state index contributed by atoms with van der Waals surface area (Å²) < 4.78 is 34.9. The summed E-state index contributed by atoms with van der Waals surface area (Å²) >= 11 is 0.728. The van der Waals surface area contributed by atoms with E-state index in [9.17, 15) is 18.5 Å². The Morgan fingerprint density at radius 3 is 2.58 bits per heavy atom. The van der Waals surface area contributed by atoms with Crippen LogP contribution in [0, 0.1) is 25.2 Å². The number of nitrogens with one attached hydrogen (secondary N) is 1. The Hall–Kier alpha value is -4.01. The van der Waals surface area contributed by atoms with Crippen LogP contribution in [0.2, 0.25) is 0 Å². The van der Waals surface area contributed by atoms with Crippen molar-refractivity contribution in [2.45, 2.75) is 25.5 Å². The molecule has 184 valence electrons. The fraction of sp³-hybridized carbons (Fsp3) is 0.200. The average Bonchev–Trinajstić information content (AvgIpc) is 3.44. The average molecular weight is 522 g/mol. The summed E-state index contributed by atoms with van der Waals surface area (Å²) in [6.07, 6.45) is 4.35. The molecule has 0 aliphatic rings. The van der Waals surface area contributed by atoms with E-state index in [0.717, 1.165) is 45.6 Å². The Morgan fingerprint density at radius 1 is 1.19 bits per heavy atom. The first-order valence-corrected chi connectivity index (χ1v) is 13.6. The lowest BCUT2D eigenvalue weighted by atomic mass is 10.1. The number of fused-ring (bicyclic) bond motifs is 1. The van der Waals surface area contributed by atoms with Crippen LogP contribution in [0.25, 0.3) is 17.0 Å². The number of carbonyl (C=O) groups excluding carboxylic acids is 1. The molecule has 0 bridgehead atoms. The third-order valence-corrected chi connectivity index (χ3v) is 7.02. The summed E-state index contributed by atoms with van der Waals surface area (Å²) in [6, 6.07) is 15.6. The van der Waals surface area contributed by atoms with Gasteiger partial charge in [0.1, 0.15) is 24.0 Å². The van der Waals surface area contributed by atoms with Crippen molar-refractivity contribution in [1.82, 2.24) is 13.9 Å². The van der Waals surface area contributed by atoms with E-state index in [1.165, 1.54) is 6.08 Å². The molecule has 11 heteroatoms. The van der Waals surface area contributed by atoms with E-state index in [-0.39, 0.29) is 15.9 Å². The highest BCUT2D eigenvalue weighted by molar-refractivity contribution is 7.90. The molecule has 2 heterocycles. The minimum atomic E-state index is -3.60. The molecule has 1 N–H and O–H groups in total. The van der Waals surface area contributed by atoms with E-state index in [0.29, 0.717) is 18.7 Å². The topological polar surface area (TPSA) is 127 Å². The van der Waals surface area contributed by atoms with Gasteiger partial charge in [0.2, 0.25) is 15.0 Å². The Bertz CT molecular complexity index is 1610. The van der Waals surface area contributed by atoms with E-state index in [1.807, 2.05) is 73.1 Å². The van der Waals surface area contributed by atoms with Gasteiger partial charge in [-0.2, -0.15) is 14.6 Å². The van der Waals surface area contributed by atoms with Crippen molar-refractivity contribution in [3.8, 4) is 11.8 Å². The molecule has 0 unspecified atom stereocenters. The minimum absolute atomic E-state index is 0.00680. The molecule has 2 aromatic heterocycles. The number of aromatic nitrogens is 3. The summed E-state index contributed by atoms with van der Waals surface area (Å²) in [6.45, 7) is 5.02. The SMILES string of the molecule is Cc1cccc(C)c1OCCn1cc(C=C(C#N)C(=O)Nc2nc(S(C)(=O)=O)ns2)c2ccccc21. The van der Waals surface area contributed by atoms with Gasteiger partial charge >= 0.3 is 0 Å². The smallest absolute Gasteiger partial charge is 0.268 e. The fourth-order valence-corrected chi connectivity index (χ4v) is 5.17. The van der Waals surface area contributed by atoms with Gasteiger partial charge in [-0.3, -0.25) is 10.1 Å². The van der Waals surface area contributed by atoms with Crippen molar-refractivity contribution in [2.24, 2.45) is 0 Å². The zero-order chi connectivity index (χ0) is 25.9. The number of sulfone groups is 1.